The van der Waals surface area contributed by atoms with E-state index in [0.717, 1.165) is 15.7 Å². The van der Waals surface area contributed by atoms with Crippen LogP contribution in [0, 0.1) is 18.3 Å². The summed E-state index contributed by atoms with van der Waals surface area (Å²) in [7, 11) is -1.85. The highest BCUT2D eigenvalue weighted by atomic mass is 32.2. The Morgan fingerprint density at radius 3 is 2.72 bits per heavy atom. The maximum Gasteiger partial charge on any atom is 0.243 e. The predicted molar refractivity (Wildman–Crippen MR) is 121 cm³/mol. The number of aromatic nitrogens is 3. The average molecular weight is 472 g/mol. The highest BCUT2D eigenvalue weighted by Gasteiger charge is 2.26. The molecule has 1 aromatic carbocycles. The molecular formula is C20H21N7O3S2. The molecule has 166 valence electrons. The fourth-order valence-corrected chi connectivity index (χ4v) is 5.60. The van der Waals surface area contributed by atoms with Crippen LogP contribution in [-0.4, -0.2) is 61.0 Å². The van der Waals surface area contributed by atoms with Crippen molar-refractivity contribution in [3.05, 3.63) is 41.7 Å². The molecule has 0 bridgehead atoms. The average Bonchev–Trinajstić information content (AvgIpc) is 3.20. The van der Waals surface area contributed by atoms with Crippen LogP contribution in [0.5, 0.6) is 0 Å². The van der Waals surface area contributed by atoms with Crippen LogP contribution < -0.4 is 10.6 Å². The molecule has 4 rings (SSSR count). The molecule has 1 fully saturated rings. The second kappa shape index (κ2) is 9.17. The molecule has 2 aromatic heterocycles. The van der Waals surface area contributed by atoms with E-state index in [2.05, 4.69) is 31.7 Å². The first-order valence-electron chi connectivity index (χ1n) is 9.80. The molecule has 1 aliphatic heterocycles. The van der Waals surface area contributed by atoms with E-state index in [-0.39, 0.29) is 10.8 Å². The van der Waals surface area contributed by atoms with Crippen LogP contribution in [0.3, 0.4) is 0 Å². The van der Waals surface area contributed by atoms with Gasteiger partial charge in [0.15, 0.2) is 5.13 Å². The Hall–Kier alpha value is -3.11. The van der Waals surface area contributed by atoms with Gasteiger partial charge in [-0.1, -0.05) is 17.4 Å². The van der Waals surface area contributed by atoms with E-state index < -0.39 is 10.0 Å². The molecule has 1 saturated heterocycles. The molecule has 0 amide bonds. The standard InChI is InChI=1S/C20H21N7O3S2/c1-13-18(31-20(22-2)24-13)17-14(11-21)12-23-19(26-17)25-15-4-3-5-16(10-15)32(28,29)27-6-8-30-9-7-27/h3-5,10,12H,6-9H2,1-2H3,(H,22,24)(H,23,25,26). The maximum absolute atomic E-state index is 12.9. The van der Waals surface area contributed by atoms with Crippen LogP contribution in [0.15, 0.2) is 35.4 Å². The number of anilines is 3. The molecule has 0 saturated carbocycles. The summed E-state index contributed by atoms with van der Waals surface area (Å²) in [6.07, 6.45) is 1.44. The van der Waals surface area contributed by atoms with Crippen molar-refractivity contribution in [1.29, 1.82) is 5.26 Å². The summed E-state index contributed by atoms with van der Waals surface area (Å²) in [5.74, 6) is 0.249. The summed E-state index contributed by atoms with van der Waals surface area (Å²) in [5.41, 5.74) is 2.07. The highest BCUT2D eigenvalue weighted by molar-refractivity contribution is 7.89. The van der Waals surface area contributed by atoms with Gasteiger partial charge in [-0.2, -0.15) is 9.57 Å². The molecule has 2 N–H and O–H groups in total. The number of benzene rings is 1. The fourth-order valence-electron chi connectivity index (χ4n) is 3.22. The number of aryl methyl sites for hydroxylation is 1. The SMILES string of the molecule is CNc1nc(C)c(-c2nc(Nc3cccc(S(=O)(=O)N4CCOCC4)c3)ncc2C#N)s1. The summed E-state index contributed by atoms with van der Waals surface area (Å²) >= 11 is 1.39. The van der Waals surface area contributed by atoms with Crippen molar-refractivity contribution in [2.75, 3.05) is 44.0 Å². The van der Waals surface area contributed by atoms with E-state index in [4.69, 9.17) is 4.74 Å². The number of thiazole rings is 1. The van der Waals surface area contributed by atoms with Crippen LogP contribution in [0.1, 0.15) is 11.3 Å². The lowest BCUT2D eigenvalue weighted by Crippen LogP contribution is -2.40. The second-order valence-electron chi connectivity index (χ2n) is 6.92. The van der Waals surface area contributed by atoms with Crippen LogP contribution in [0.4, 0.5) is 16.8 Å². The lowest BCUT2D eigenvalue weighted by atomic mass is 10.2. The third-order valence-electron chi connectivity index (χ3n) is 4.83. The van der Waals surface area contributed by atoms with E-state index in [0.29, 0.717) is 43.2 Å². The molecule has 0 aliphatic carbocycles. The zero-order valence-corrected chi connectivity index (χ0v) is 19.1. The van der Waals surface area contributed by atoms with Gasteiger partial charge in [0, 0.05) is 25.8 Å². The molecule has 10 nitrogen and oxygen atoms in total. The van der Waals surface area contributed by atoms with Crippen molar-refractivity contribution in [2.45, 2.75) is 11.8 Å². The lowest BCUT2D eigenvalue weighted by molar-refractivity contribution is 0.0730. The first-order valence-corrected chi connectivity index (χ1v) is 12.1. The van der Waals surface area contributed by atoms with Gasteiger partial charge in [0.2, 0.25) is 16.0 Å². The Morgan fingerprint density at radius 1 is 1.25 bits per heavy atom. The fraction of sp³-hybridized carbons (Fsp3) is 0.300. The number of hydrogen-bond donors (Lipinski definition) is 2. The maximum atomic E-state index is 12.9. The number of nitrogens with zero attached hydrogens (tertiary/aromatic N) is 5. The molecule has 32 heavy (non-hydrogen) atoms. The van der Waals surface area contributed by atoms with E-state index in [1.165, 1.54) is 21.8 Å². The van der Waals surface area contributed by atoms with Gasteiger partial charge in [0.1, 0.15) is 11.8 Å². The number of ether oxygens (including phenoxy) is 1. The molecule has 0 unspecified atom stereocenters. The third kappa shape index (κ3) is 4.42. The summed E-state index contributed by atoms with van der Waals surface area (Å²) in [6.45, 7) is 3.26. The van der Waals surface area contributed by atoms with Crippen molar-refractivity contribution in [2.24, 2.45) is 0 Å². The normalized spacial score (nSPS) is 14.7. The monoisotopic (exact) mass is 471 g/mol. The van der Waals surface area contributed by atoms with Crippen molar-refractivity contribution in [3.8, 4) is 16.6 Å². The minimum absolute atomic E-state index is 0.176. The Kier molecular flexibility index (Phi) is 6.33. The van der Waals surface area contributed by atoms with Crippen LogP contribution in [-0.2, 0) is 14.8 Å². The number of nitriles is 1. The van der Waals surface area contributed by atoms with E-state index in [1.807, 2.05) is 6.92 Å². The topological polar surface area (TPSA) is 133 Å². The predicted octanol–water partition coefficient (Wildman–Crippen LogP) is 2.59. The van der Waals surface area contributed by atoms with Gasteiger partial charge in [-0.05, 0) is 25.1 Å². The molecule has 3 heterocycles. The van der Waals surface area contributed by atoms with Gasteiger partial charge in [0.05, 0.1) is 40.4 Å². The van der Waals surface area contributed by atoms with E-state index >= 15 is 0 Å². The smallest absolute Gasteiger partial charge is 0.243 e. The van der Waals surface area contributed by atoms with Crippen LogP contribution >= 0.6 is 11.3 Å². The van der Waals surface area contributed by atoms with Crippen molar-refractivity contribution < 1.29 is 13.2 Å². The largest absolute Gasteiger partial charge is 0.379 e. The van der Waals surface area contributed by atoms with Gasteiger partial charge >= 0.3 is 0 Å². The molecule has 12 heteroatoms. The van der Waals surface area contributed by atoms with Crippen molar-refractivity contribution in [1.82, 2.24) is 19.3 Å². The number of rotatable bonds is 6. The summed E-state index contributed by atoms with van der Waals surface area (Å²) in [6, 6.07) is 8.61. The zero-order chi connectivity index (χ0) is 22.7. The molecular weight excluding hydrogens is 450 g/mol. The number of hydrogen-bond acceptors (Lipinski definition) is 10. The van der Waals surface area contributed by atoms with Gasteiger partial charge < -0.3 is 15.4 Å². The molecule has 3 aromatic rings. The van der Waals surface area contributed by atoms with E-state index in [9.17, 15) is 13.7 Å². The van der Waals surface area contributed by atoms with Crippen molar-refractivity contribution >= 4 is 38.1 Å². The number of nitrogens with one attached hydrogen (secondary N) is 2. The summed E-state index contributed by atoms with van der Waals surface area (Å²) in [4.78, 5) is 14.1. The molecule has 0 radical (unpaired) electrons. The second-order valence-corrected chi connectivity index (χ2v) is 9.86. The van der Waals surface area contributed by atoms with Gasteiger partial charge in [-0.25, -0.2) is 23.4 Å². The Bertz CT molecular complexity index is 1280. The minimum Gasteiger partial charge on any atom is -0.379 e. The molecule has 1 aliphatic rings. The third-order valence-corrected chi connectivity index (χ3v) is 7.91. The quantitative estimate of drug-likeness (QED) is 0.556. The minimum atomic E-state index is -3.63. The highest BCUT2D eigenvalue weighted by Crippen LogP contribution is 2.34. The Morgan fingerprint density at radius 2 is 2.03 bits per heavy atom. The zero-order valence-electron chi connectivity index (χ0n) is 17.5. The van der Waals surface area contributed by atoms with E-state index in [1.54, 1.807) is 31.3 Å². The summed E-state index contributed by atoms with van der Waals surface area (Å²) in [5, 5.41) is 16.3. The first-order chi connectivity index (χ1) is 15.4. The summed E-state index contributed by atoms with van der Waals surface area (Å²) < 4.78 is 32.6. The molecule has 0 spiro atoms. The van der Waals surface area contributed by atoms with Gasteiger partial charge in [-0.15, -0.1) is 0 Å². The number of morpholine rings is 1. The lowest BCUT2D eigenvalue weighted by Gasteiger charge is -2.26. The molecule has 0 atom stereocenters. The number of sulfonamides is 1. The Balaban J connectivity index is 1.64. The van der Waals surface area contributed by atoms with Crippen LogP contribution in [0.2, 0.25) is 0 Å². The first kappa shape index (κ1) is 22.1. The van der Waals surface area contributed by atoms with Gasteiger partial charge in [-0.3, -0.25) is 0 Å². The van der Waals surface area contributed by atoms with Gasteiger partial charge in [0.25, 0.3) is 0 Å². The van der Waals surface area contributed by atoms with Crippen molar-refractivity contribution in [3.63, 3.8) is 0 Å². The Labute approximate surface area is 190 Å². The van der Waals surface area contributed by atoms with Crippen LogP contribution in [0.25, 0.3) is 10.6 Å².